The van der Waals surface area contributed by atoms with Crippen LogP contribution in [0.25, 0.3) is 0 Å². The van der Waals surface area contributed by atoms with Gasteiger partial charge < -0.3 is 24.4 Å². The van der Waals surface area contributed by atoms with Crippen LogP contribution < -0.4 is 14.8 Å². The fourth-order valence-corrected chi connectivity index (χ4v) is 4.19. The summed E-state index contributed by atoms with van der Waals surface area (Å²) in [6.45, 7) is 1.25. The highest BCUT2D eigenvalue weighted by atomic mass is 32.2. The Bertz CT molecular complexity index is 1010. The number of hydrogen-bond acceptors (Lipinski definition) is 8. The molecule has 0 atom stereocenters. The monoisotopic (exact) mass is 457 g/mol. The molecule has 1 fully saturated rings. The summed E-state index contributed by atoms with van der Waals surface area (Å²) < 4.78 is 15.8. The van der Waals surface area contributed by atoms with Gasteiger partial charge in [0.15, 0.2) is 18.1 Å². The van der Waals surface area contributed by atoms with Crippen molar-refractivity contribution >= 4 is 35.2 Å². The number of ether oxygens (including phenoxy) is 3. The van der Waals surface area contributed by atoms with Gasteiger partial charge in [0.05, 0.1) is 11.3 Å². The second-order valence-corrected chi connectivity index (χ2v) is 8.24. The van der Waals surface area contributed by atoms with Crippen molar-refractivity contribution in [3.8, 4) is 11.5 Å². The van der Waals surface area contributed by atoms with Gasteiger partial charge in [0.1, 0.15) is 5.03 Å². The number of fused-ring (bicyclic) bond motifs is 1. The first-order valence-corrected chi connectivity index (χ1v) is 11.3. The van der Waals surface area contributed by atoms with Crippen LogP contribution in [-0.4, -0.2) is 59.9 Å². The Hall–Kier alpha value is -3.27. The van der Waals surface area contributed by atoms with E-state index in [1.807, 2.05) is 0 Å². The highest BCUT2D eigenvalue weighted by molar-refractivity contribution is 8.00. The van der Waals surface area contributed by atoms with Gasteiger partial charge in [-0.25, -0.2) is 9.78 Å². The molecule has 2 amide bonds. The summed E-state index contributed by atoms with van der Waals surface area (Å²) in [5.41, 5.74) is 0.802. The highest BCUT2D eigenvalue weighted by Gasteiger charge is 2.21. The lowest BCUT2D eigenvalue weighted by molar-refractivity contribution is -0.135. The molecule has 0 unspecified atom stereocenters. The van der Waals surface area contributed by atoms with E-state index in [1.165, 1.54) is 6.20 Å². The van der Waals surface area contributed by atoms with E-state index < -0.39 is 5.97 Å². The van der Waals surface area contributed by atoms with Gasteiger partial charge in [0.2, 0.25) is 12.7 Å². The Morgan fingerprint density at radius 1 is 1.09 bits per heavy atom. The van der Waals surface area contributed by atoms with Crippen molar-refractivity contribution in [1.29, 1.82) is 0 Å². The van der Waals surface area contributed by atoms with Crippen LogP contribution in [0.1, 0.15) is 29.6 Å². The first-order chi connectivity index (χ1) is 15.6. The Labute approximate surface area is 189 Å². The minimum absolute atomic E-state index is 0.0401. The first-order valence-electron chi connectivity index (χ1n) is 10.3. The number of benzene rings is 1. The quantitative estimate of drug-likeness (QED) is 0.500. The van der Waals surface area contributed by atoms with Crippen molar-refractivity contribution in [2.75, 3.05) is 37.6 Å². The molecule has 2 aliphatic rings. The number of esters is 1. The van der Waals surface area contributed by atoms with Crippen LogP contribution >= 0.6 is 11.8 Å². The Morgan fingerprint density at radius 3 is 2.75 bits per heavy atom. The predicted molar refractivity (Wildman–Crippen MR) is 117 cm³/mol. The van der Waals surface area contributed by atoms with Crippen LogP contribution in [0.3, 0.4) is 0 Å². The molecule has 3 heterocycles. The van der Waals surface area contributed by atoms with Crippen LogP contribution in [0.4, 0.5) is 5.69 Å². The maximum Gasteiger partial charge on any atom is 0.341 e. The Balaban J connectivity index is 1.30. The molecule has 0 aliphatic carbocycles. The number of pyridine rings is 1. The van der Waals surface area contributed by atoms with Gasteiger partial charge in [-0.1, -0.05) is 11.8 Å². The number of rotatable bonds is 7. The van der Waals surface area contributed by atoms with E-state index in [9.17, 15) is 14.4 Å². The molecule has 2 aromatic rings. The number of nitrogens with one attached hydrogen (secondary N) is 1. The van der Waals surface area contributed by atoms with Gasteiger partial charge in [-0.15, -0.1) is 0 Å². The summed E-state index contributed by atoms with van der Waals surface area (Å²) in [7, 11) is 0. The van der Waals surface area contributed by atoms with Crippen LogP contribution in [-0.2, 0) is 14.3 Å². The van der Waals surface area contributed by atoms with Crippen LogP contribution in [0.2, 0.25) is 0 Å². The lowest BCUT2D eigenvalue weighted by atomic mass is 10.1. The fraction of sp³-hybridized carbons (Fsp3) is 0.364. The average Bonchev–Trinajstić information content (AvgIpc) is 3.29. The largest absolute Gasteiger partial charge is 0.454 e. The second kappa shape index (κ2) is 10.4. The number of aromatic nitrogens is 1. The number of nitrogens with zero attached hydrogens (tertiary/aromatic N) is 2. The number of carbonyl (C=O) groups excluding carboxylic acids is 3. The van der Waals surface area contributed by atoms with Crippen LogP contribution in [0.15, 0.2) is 41.6 Å². The highest BCUT2D eigenvalue weighted by Crippen LogP contribution is 2.34. The third-order valence-corrected chi connectivity index (χ3v) is 6.03. The molecular formula is C22H23N3O6S. The number of piperidine rings is 1. The van der Waals surface area contributed by atoms with Crippen molar-refractivity contribution < 1.29 is 28.6 Å². The molecule has 0 bridgehead atoms. The smallest absolute Gasteiger partial charge is 0.341 e. The summed E-state index contributed by atoms with van der Waals surface area (Å²) in [4.78, 5) is 43.0. The van der Waals surface area contributed by atoms with Gasteiger partial charge in [0.25, 0.3) is 5.91 Å². The molecule has 32 heavy (non-hydrogen) atoms. The fourth-order valence-electron chi connectivity index (χ4n) is 3.41. The number of thioether (sulfide) groups is 1. The number of anilines is 1. The van der Waals surface area contributed by atoms with E-state index in [2.05, 4.69) is 10.3 Å². The molecule has 168 valence electrons. The van der Waals surface area contributed by atoms with Gasteiger partial charge >= 0.3 is 5.97 Å². The lowest BCUT2D eigenvalue weighted by Gasteiger charge is -2.26. The molecule has 1 aromatic carbocycles. The molecule has 4 rings (SSSR count). The molecular weight excluding hydrogens is 434 g/mol. The van der Waals surface area contributed by atoms with E-state index in [4.69, 9.17) is 14.2 Å². The molecule has 1 N–H and O–H groups in total. The Kier molecular flexibility index (Phi) is 7.10. The molecule has 0 radical (unpaired) electrons. The molecule has 1 saturated heterocycles. The third kappa shape index (κ3) is 5.50. The molecule has 9 nitrogen and oxygen atoms in total. The van der Waals surface area contributed by atoms with Crippen molar-refractivity contribution in [3.63, 3.8) is 0 Å². The third-order valence-electron chi connectivity index (χ3n) is 5.02. The van der Waals surface area contributed by atoms with E-state index in [1.54, 1.807) is 35.2 Å². The van der Waals surface area contributed by atoms with Crippen molar-refractivity contribution in [1.82, 2.24) is 9.88 Å². The number of carbonyl (C=O) groups is 3. The van der Waals surface area contributed by atoms with Crippen molar-refractivity contribution in [2.24, 2.45) is 0 Å². The average molecular weight is 458 g/mol. The minimum Gasteiger partial charge on any atom is -0.454 e. The zero-order valence-electron chi connectivity index (χ0n) is 17.4. The van der Waals surface area contributed by atoms with Gasteiger partial charge in [0, 0.05) is 31.0 Å². The second-order valence-electron chi connectivity index (χ2n) is 7.28. The summed E-state index contributed by atoms with van der Waals surface area (Å²) >= 11 is 1.12. The molecule has 0 spiro atoms. The van der Waals surface area contributed by atoms with E-state index in [0.29, 0.717) is 35.3 Å². The summed E-state index contributed by atoms with van der Waals surface area (Å²) in [5, 5.41) is 3.14. The zero-order chi connectivity index (χ0) is 22.3. The SMILES string of the molecule is O=C(CSc1ncccc1C(=O)OCC(=O)N1CCCCC1)Nc1ccc2c(c1)OCO2. The van der Waals surface area contributed by atoms with Gasteiger partial charge in [-0.05, 0) is 43.5 Å². The van der Waals surface area contributed by atoms with Gasteiger partial charge in [-0.2, -0.15) is 0 Å². The number of amides is 2. The minimum atomic E-state index is -0.637. The summed E-state index contributed by atoms with van der Waals surface area (Å²) in [5.74, 6) is 0.149. The molecule has 1 aromatic heterocycles. The lowest BCUT2D eigenvalue weighted by Crippen LogP contribution is -2.38. The normalized spacial score (nSPS) is 14.7. The standard InChI is InChI=1S/C22H23N3O6S/c26-19(24-15-6-7-17-18(11-15)31-14-30-17)13-32-21-16(5-4-8-23-21)22(28)29-12-20(27)25-9-2-1-3-10-25/h4-8,11H,1-3,9-10,12-14H2,(H,24,26). The Morgan fingerprint density at radius 2 is 1.91 bits per heavy atom. The van der Waals surface area contributed by atoms with Crippen molar-refractivity contribution in [2.45, 2.75) is 24.3 Å². The zero-order valence-corrected chi connectivity index (χ0v) is 18.2. The maximum absolute atomic E-state index is 12.5. The van der Waals surface area contributed by atoms with Crippen molar-refractivity contribution in [3.05, 3.63) is 42.1 Å². The molecule has 2 aliphatic heterocycles. The van der Waals surface area contributed by atoms with Crippen LogP contribution in [0.5, 0.6) is 11.5 Å². The van der Waals surface area contributed by atoms with E-state index >= 15 is 0 Å². The summed E-state index contributed by atoms with van der Waals surface area (Å²) in [6, 6.07) is 8.31. The van der Waals surface area contributed by atoms with E-state index in [-0.39, 0.29) is 36.5 Å². The number of likely N-dealkylation sites (tertiary alicyclic amines) is 1. The molecule has 0 saturated carbocycles. The first kappa shape index (κ1) is 21.9. The topological polar surface area (TPSA) is 107 Å². The molecule has 10 heteroatoms. The maximum atomic E-state index is 12.5. The van der Waals surface area contributed by atoms with Crippen LogP contribution in [0, 0.1) is 0 Å². The number of hydrogen-bond donors (Lipinski definition) is 1. The predicted octanol–water partition coefficient (Wildman–Crippen LogP) is 2.71. The van der Waals surface area contributed by atoms with Gasteiger partial charge in [-0.3, -0.25) is 9.59 Å². The van der Waals surface area contributed by atoms with E-state index in [0.717, 1.165) is 31.0 Å². The summed E-state index contributed by atoms with van der Waals surface area (Å²) in [6.07, 6.45) is 4.59.